The first-order valence-electron chi connectivity index (χ1n) is 3.56. The smallest absolute Gasteiger partial charge is 0.184 e. The molecule has 5 atom stereocenters. The molecule has 0 aromatic carbocycles. The third-order valence-electron chi connectivity index (χ3n) is 1.87. The van der Waals surface area contributed by atoms with Gasteiger partial charge >= 0.3 is 0 Å². The van der Waals surface area contributed by atoms with E-state index in [0.29, 0.717) is 0 Å². The maximum absolute atomic E-state index is 9.12. The Morgan fingerprint density at radius 3 is 2.00 bits per heavy atom. The summed E-state index contributed by atoms with van der Waals surface area (Å²) in [5, 5.41) is 44.7. The van der Waals surface area contributed by atoms with Gasteiger partial charge in [-0.25, -0.2) is 0 Å². The van der Waals surface area contributed by atoms with Crippen LogP contribution in [0.4, 0.5) is 0 Å². The molecule has 6 nitrogen and oxygen atoms in total. The van der Waals surface area contributed by atoms with E-state index < -0.39 is 37.3 Å². The number of hydrogen-bond donors (Lipinski definition) is 5. The molecule has 1 saturated heterocycles. The van der Waals surface area contributed by atoms with Gasteiger partial charge in [-0.3, -0.25) is 0 Å². The average Bonchev–Trinajstić information content (AvgIpc) is 2.08. The van der Waals surface area contributed by atoms with E-state index >= 15 is 0 Å². The van der Waals surface area contributed by atoms with Gasteiger partial charge in [0.1, 0.15) is 24.4 Å². The molecule has 0 saturated carbocycles. The third kappa shape index (κ3) is 1.58. The molecular weight excluding hydrogens is 168 g/mol. The molecule has 0 radical (unpaired) electrons. The predicted molar refractivity (Wildman–Crippen MR) is 36.0 cm³/mol. The first-order valence-corrected chi connectivity index (χ1v) is 3.56. The highest BCUT2D eigenvalue weighted by Crippen LogP contribution is 2.18. The Morgan fingerprint density at radius 1 is 0.917 bits per heavy atom. The zero-order valence-corrected chi connectivity index (χ0v) is 6.24. The van der Waals surface area contributed by atoms with Crippen molar-refractivity contribution in [2.75, 3.05) is 6.61 Å². The molecule has 0 aromatic rings. The number of rotatable bonds is 1. The molecule has 5 N–H and O–H groups in total. The minimum atomic E-state index is -1.57. The average molecular weight is 180 g/mol. The Hall–Kier alpha value is -0.240. The van der Waals surface area contributed by atoms with E-state index in [2.05, 4.69) is 4.74 Å². The van der Waals surface area contributed by atoms with Gasteiger partial charge < -0.3 is 30.3 Å². The molecule has 1 heterocycles. The van der Waals surface area contributed by atoms with Crippen LogP contribution in [0.2, 0.25) is 0 Å². The molecule has 1 fully saturated rings. The van der Waals surface area contributed by atoms with Gasteiger partial charge in [0.2, 0.25) is 0 Å². The summed E-state index contributed by atoms with van der Waals surface area (Å²) in [7, 11) is 0. The largest absolute Gasteiger partial charge is 0.394 e. The van der Waals surface area contributed by atoms with E-state index in [0.717, 1.165) is 0 Å². The molecule has 1 aliphatic heterocycles. The van der Waals surface area contributed by atoms with Crippen molar-refractivity contribution >= 4 is 0 Å². The fourth-order valence-electron chi connectivity index (χ4n) is 1.08. The summed E-state index contributed by atoms with van der Waals surface area (Å²) >= 11 is 0. The van der Waals surface area contributed by atoms with Crippen LogP contribution in [0.5, 0.6) is 0 Å². The number of hydrogen-bond acceptors (Lipinski definition) is 6. The Balaban J connectivity index is 2.63. The summed E-state index contributed by atoms with van der Waals surface area (Å²) in [5.74, 6) is 0. The second-order valence-corrected chi connectivity index (χ2v) is 2.72. The van der Waals surface area contributed by atoms with E-state index in [9.17, 15) is 0 Å². The Kier molecular flexibility index (Phi) is 2.99. The zero-order valence-electron chi connectivity index (χ0n) is 6.24. The predicted octanol–water partition coefficient (Wildman–Crippen LogP) is -3.22. The highest BCUT2D eigenvalue weighted by molar-refractivity contribution is 4.87. The monoisotopic (exact) mass is 180 g/mol. The SMILES string of the molecule is OCC1O[C@H](O)C(O)[C@@H](O)[C@@H]1O. The van der Waals surface area contributed by atoms with Gasteiger partial charge in [0.25, 0.3) is 0 Å². The molecule has 2 unspecified atom stereocenters. The lowest BCUT2D eigenvalue weighted by atomic mass is 10.00. The number of aliphatic hydroxyl groups excluding tert-OH is 5. The van der Waals surface area contributed by atoms with Crippen LogP contribution in [-0.4, -0.2) is 62.8 Å². The van der Waals surface area contributed by atoms with Crippen molar-refractivity contribution < 1.29 is 30.3 Å². The van der Waals surface area contributed by atoms with Gasteiger partial charge in [-0.1, -0.05) is 0 Å². The maximum Gasteiger partial charge on any atom is 0.184 e. The Bertz CT molecular complexity index is 146. The van der Waals surface area contributed by atoms with Gasteiger partial charge in [-0.2, -0.15) is 0 Å². The lowest BCUT2D eigenvalue weighted by Gasteiger charge is -2.37. The van der Waals surface area contributed by atoms with Crippen molar-refractivity contribution in [2.45, 2.75) is 30.7 Å². The molecule has 0 aliphatic carbocycles. The highest BCUT2D eigenvalue weighted by Gasteiger charge is 2.42. The van der Waals surface area contributed by atoms with E-state index in [1.54, 1.807) is 0 Å². The normalized spacial score (nSPS) is 49.2. The maximum atomic E-state index is 9.12. The molecule has 6 heteroatoms. The highest BCUT2D eigenvalue weighted by atomic mass is 16.6. The second kappa shape index (κ2) is 3.65. The number of aliphatic hydroxyl groups is 5. The van der Waals surface area contributed by atoms with Crippen LogP contribution in [0.3, 0.4) is 0 Å². The first-order chi connectivity index (χ1) is 5.57. The Labute approximate surface area is 68.6 Å². The van der Waals surface area contributed by atoms with Crippen LogP contribution in [0, 0.1) is 0 Å². The molecule has 0 bridgehead atoms. The topological polar surface area (TPSA) is 110 Å². The summed E-state index contributed by atoms with van der Waals surface area (Å²) in [5.41, 5.74) is 0. The number of ether oxygens (including phenoxy) is 1. The first kappa shape index (κ1) is 9.85. The fourth-order valence-corrected chi connectivity index (χ4v) is 1.08. The van der Waals surface area contributed by atoms with Crippen molar-refractivity contribution in [1.29, 1.82) is 0 Å². The van der Waals surface area contributed by atoms with Gasteiger partial charge in [0.15, 0.2) is 6.29 Å². The lowest BCUT2D eigenvalue weighted by Crippen LogP contribution is -2.58. The zero-order chi connectivity index (χ0) is 9.30. The van der Waals surface area contributed by atoms with Crippen LogP contribution >= 0.6 is 0 Å². The van der Waals surface area contributed by atoms with Crippen molar-refractivity contribution in [3.8, 4) is 0 Å². The van der Waals surface area contributed by atoms with Gasteiger partial charge in [0, 0.05) is 0 Å². The van der Waals surface area contributed by atoms with Crippen molar-refractivity contribution in [2.24, 2.45) is 0 Å². The summed E-state index contributed by atoms with van der Waals surface area (Å²) < 4.78 is 4.58. The summed E-state index contributed by atoms with van der Waals surface area (Å²) in [6, 6.07) is 0. The van der Waals surface area contributed by atoms with Crippen LogP contribution in [0.25, 0.3) is 0 Å². The molecule has 0 amide bonds. The molecule has 72 valence electrons. The molecule has 12 heavy (non-hydrogen) atoms. The summed E-state index contributed by atoms with van der Waals surface area (Å²) in [6.45, 7) is -0.526. The fraction of sp³-hybridized carbons (Fsp3) is 1.00. The van der Waals surface area contributed by atoms with Gasteiger partial charge in [-0.05, 0) is 0 Å². The second-order valence-electron chi connectivity index (χ2n) is 2.72. The minimum absolute atomic E-state index is 0.526. The molecular formula is C6H12O6. The molecule has 1 rings (SSSR count). The summed E-state index contributed by atoms with van der Waals surface area (Å²) in [4.78, 5) is 0. The minimum Gasteiger partial charge on any atom is -0.394 e. The van der Waals surface area contributed by atoms with Gasteiger partial charge in [-0.15, -0.1) is 0 Å². The molecule has 0 spiro atoms. The quantitative estimate of drug-likeness (QED) is 0.290. The summed E-state index contributed by atoms with van der Waals surface area (Å²) in [6.07, 6.45) is -7.04. The van der Waals surface area contributed by atoms with Crippen molar-refractivity contribution in [3.63, 3.8) is 0 Å². The van der Waals surface area contributed by atoms with Gasteiger partial charge in [0.05, 0.1) is 6.61 Å². The van der Waals surface area contributed by atoms with E-state index in [1.807, 2.05) is 0 Å². The van der Waals surface area contributed by atoms with E-state index in [1.165, 1.54) is 0 Å². The third-order valence-corrected chi connectivity index (χ3v) is 1.87. The van der Waals surface area contributed by atoms with Crippen LogP contribution < -0.4 is 0 Å². The Morgan fingerprint density at radius 2 is 1.50 bits per heavy atom. The van der Waals surface area contributed by atoms with Crippen molar-refractivity contribution in [3.05, 3.63) is 0 Å². The molecule has 0 aromatic heterocycles. The van der Waals surface area contributed by atoms with Crippen LogP contribution in [-0.2, 0) is 4.74 Å². The van der Waals surface area contributed by atoms with E-state index in [4.69, 9.17) is 25.5 Å². The van der Waals surface area contributed by atoms with Crippen molar-refractivity contribution in [1.82, 2.24) is 0 Å². The standard InChI is InChI=1S/C6H12O6/c7-1-2-3(8)4(9)5(10)6(11)12-2/h2-11H,1H2/t2?,3-,4+,5?,6+/m1/s1. The van der Waals surface area contributed by atoms with E-state index in [-0.39, 0.29) is 0 Å². The van der Waals surface area contributed by atoms with Crippen LogP contribution in [0.1, 0.15) is 0 Å². The lowest BCUT2D eigenvalue weighted by molar-refractivity contribution is -0.286. The molecule has 1 aliphatic rings. The van der Waals surface area contributed by atoms with Crippen LogP contribution in [0.15, 0.2) is 0 Å².